The van der Waals surface area contributed by atoms with Crippen LogP contribution in [0.3, 0.4) is 0 Å². The van der Waals surface area contributed by atoms with E-state index in [1.807, 2.05) is 11.8 Å². The Morgan fingerprint density at radius 3 is 2.33 bits per heavy atom. The molecule has 0 atom stereocenters. The molecule has 0 N–H and O–H groups in total. The van der Waals surface area contributed by atoms with Gasteiger partial charge in [0.1, 0.15) is 0 Å². The fraction of sp³-hybridized carbons (Fsp3) is 0.714. The second-order valence-corrected chi connectivity index (χ2v) is 6.63. The molecular weight excluding hydrogens is 216 g/mol. The Labute approximate surface area is 81.8 Å². The number of hydrogen-bond acceptors (Lipinski definition) is 3. The lowest BCUT2D eigenvalue weighted by molar-refractivity contribution is 0.568. The summed E-state index contributed by atoms with van der Waals surface area (Å²) in [7, 11) is 1.65. The zero-order valence-electron chi connectivity index (χ0n) is 6.62. The largest absolute Gasteiger partial charge is 0.257 e. The highest BCUT2D eigenvalue weighted by atomic mass is 35.7. The first-order valence-corrected chi connectivity index (χ1v) is 7.19. The van der Waals surface area contributed by atoms with Crippen LogP contribution in [-0.4, -0.2) is 19.9 Å². The highest BCUT2D eigenvalue weighted by Crippen LogP contribution is 2.31. The van der Waals surface area contributed by atoms with Gasteiger partial charge in [-0.05, 0) is 30.3 Å². The van der Waals surface area contributed by atoms with E-state index in [0.717, 1.165) is 24.3 Å². The maximum atomic E-state index is 10.9. The summed E-state index contributed by atoms with van der Waals surface area (Å²) in [5, 5.41) is 0. The Balaban J connectivity index is 2.64. The zero-order valence-corrected chi connectivity index (χ0v) is 9.01. The third-order valence-corrected chi connectivity index (χ3v) is 4.59. The fourth-order valence-electron chi connectivity index (χ4n) is 1.22. The fourth-order valence-corrected chi connectivity index (χ4v) is 3.34. The van der Waals surface area contributed by atoms with Crippen molar-refractivity contribution in [2.24, 2.45) is 5.92 Å². The minimum atomic E-state index is -3.53. The predicted octanol–water partition coefficient (Wildman–Crippen LogP) is 2.21. The molecule has 0 bridgehead atoms. The molecule has 0 amide bonds. The average molecular weight is 227 g/mol. The van der Waals surface area contributed by atoms with Crippen LogP contribution in [0.4, 0.5) is 0 Å². The van der Waals surface area contributed by atoms with E-state index < -0.39 is 9.05 Å². The summed E-state index contributed by atoms with van der Waals surface area (Å²) >= 11 is 1.85. The van der Waals surface area contributed by atoms with E-state index in [1.165, 1.54) is 0 Å². The molecule has 1 rings (SSSR count). The maximum absolute atomic E-state index is 10.9. The standard InChI is InChI=1S/C7H11ClO2S2/c1-6(12(8,9)10)7-2-4-11-5-3-7/h7H,1-5H2. The van der Waals surface area contributed by atoms with E-state index in [0.29, 0.717) is 0 Å². The van der Waals surface area contributed by atoms with Gasteiger partial charge in [-0.1, -0.05) is 6.58 Å². The minimum absolute atomic E-state index is 0.0775. The molecule has 1 aliphatic rings. The molecule has 12 heavy (non-hydrogen) atoms. The first kappa shape index (κ1) is 10.4. The maximum Gasteiger partial charge on any atom is 0.257 e. The Hall–Kier alpha value is 0.330. The SMILES string of the molecule is C=C(C1CCSCC1)S(=O)(=O)Cl. The average Bonchev–Trinajstić information content (AvgIpc) is 2.03. The second kappa shape index (κ2) is 4.03. The minimum Gasteiger partial charge on any atom is -0.207 e. The lowest BCUT2D eigenvalue weighted by atomic mass is 10.0. The highest BCUT2D eigenvalue weighted by molar-refractivity contribution is 8.16. The summed E-state index contributed by atoms with van der Waals surface area (Å²) in [6.07, 6.45) is 1.77. The third kappa shape index (κ3) is 2.68. The van der Waals surface area contributed by atoms with Gasteiger partial charge >= 0.3 is 0 Å². The quantitative estimate of drug-likeness (QED) is 0.678. The molecule has 1 saturated heterocycles. The van der Waals surface area contributed by atoms with Crippen molar-refractivity contribution in [2.45, 2.75) is 12.8 Å². The van der Waals surface area contributed by atoms with Crippen LogP contribution in [0.25, 0.3) is 0 Å². The van der Waals surface area contributed by atoms with E-state index >= 15 is 0 Å². The zero-order chi connectivity index (χ0) is 9.19. The lowest BCUT2D eigenvalue weighted by Gasteiger charge is -2.21. The van der Waals surface area contributed by atoms with Crippen molar-refractivity contribution in [2.75, 3.05) is 11.5 Å². The van der Waals surface area contributed by atoms with Crippen molar-refractivity contribution in [1.82, 2.24) is 0 Å². The van der Waals surface area contributed by atoms with Crippen LogP contribution in [0.5, 0.6) is 0 Å². The first-order valence-electron chi connectivity index (χ1n) is 3.73. The van der Waals surface area contributed by atoms with Crippen LogP contribution < -0.4 is 0 Å². The molecule has 2 nitrogen and oxygen atoms in total. The third-order valence-electron chi connectivity index (χ3n) is 1.99. The Bertz CT molecular complexity index is 265. The molecule has 0 spiro atoms. The number of thioether (sulfide) groups is 1. The second-order valence-electron chi connectivity index (χ2n) is 2.79. The number of halogens is 1. The van der Waals surface area contributed by atoms with Gasteiger partial charge in [0.25, 0.3) is 9.05 Å². The molecule has 0 aromatic carbocycles. The van der Waals surface area contributed by atoms with E-state index in [4.69, 9.17) is 10.7 Å². The molecule has 1 fully saturated rings. The molecule has 1 aliphatic heterocycles. The van der Waals surface area contributed by atoms with Crippen molar-refractivity contribution in [1.29, 1.82) is 0 Å². The normalized spacial score (nSPS) is 20.8. The van der Waals surface area contributed by atoms with Crippen LogP contribution in [-0.2, 0) is 9.05 Å². The summed E-state index contributed by atoms with van der Waals surface area (Å²) in [6.45, 7) is 3.52. The number of hydrogen-bond donors (Lipinski definition) is 0. The van der Waals surface area contributed by atoms with Crippen molar-refractivity contribution in [3.05, 3.63) is 11.5 Å². The number of rotatable bonds is 2. The van der Waals surface area contributed by atoms with Gasteiger partial charge in [-0.25, -0.2) is 8.42 Å². The van der Waals surface area contributed by atoms with Crippen molar-refractivity contribution < 1.29 is 8.42 Å². The van der Waals surface area contributed by atoms with E-state index in [9.17, 15) is 8.42 Å². The van der Waals surface area contributed by atoms with Crippen molar-refractivity contribution >= 4 is 31.5 Å². The highest BCUT2D eigenvalue weighted by Gasteiger charge is 2.24. The predicted molar refractivity (Wildman–Crippen MR) is 54.0 cm³/mol. The summed E-state index contributed by atoms with van der Waals surface area (Å²) < 4.78 is 21.8. The van der Waals surface area contributed by atoms with Gasteiger partial charge < -0.3 is 0 Å². The monoisotopic (exact) mass is 226 g/mol. The van der Waals surface area contributed by atoms with Crippen LogP contribution in [0.15, 0.2) is 11.5 Å². The molecule has 0 saturated carbocycles. The summed E-state index contributed by atoms with van der Waals surface area (Å²) in [5.41, 5.74) is 0. The molecule has 0 radical (unpaired) electrons. The van der Waals surface area contributed by atoms with Gasteiger partial charge in [-0.2, -0.15) is 11.8 Å². The first-order chi connectivity index (χ1) is 5.52. The Kier molecular flexibility index (Phi) is 3.49. The van der Waals surface area contributed by atoms with Crippen LogP contribution in [0.1, 0.15) is 12.8 Å². The van der Waals surface area contributed by atoms with Crippen LogP contribution in [0.2, 0.25) is 0 Å². The van der Waals surface area contributed by atoms with Crippen LogP contribution >= 0.6 is 22.4 Å². The van der Waals surface area contributed by atoms with Gasteiger partial charge in [0.05, 0.1) is 4.91 Å². The summed E-state index contributed by atoms with van der Waals surface area (Å²) in [4.78, 5) is 0.199. The van der Waals surface area contributed by atoms with E-state index in [1.54, 1.807) is 0 Å². The Morgan fingerprint density at radius 2 is 1.92 bits per heavy atom. The molecule has 0 aromatic heterocycles. The lowest BCUT2D eigenvalue weighted by Crippen LogP contribution is -2.14. The van der Waals surface area contributed by atoms with Gasteiger partial charge in [0.15, 0.2) is 0 Å². The molecule has 0 aliphatic carbocycles. The van der Waals surface area contributed by atoms with Crippen LogP contribution in [0, 0.1) is 5.92 Å². The van der Waals surface area contributed by atoms with E-state index in [2.05, 4.69) is 6.58 Å². The molecule has 0 unspecified atom stereocenters. The molecular formula is C7H11ClO2S2. The van der Waals surface area contributed by atoms with Crippen molar-refractivity contribution in [3.63, 3.8) is 0 Å². The topological polar surface area (TPSA) is 34.1 Å². The molecule has 5 heteroatoms. The van der Waals surface area contributed by atoms with Crippen molar-refractivity contribution in [3.8, 4) is 0 Å². The van der Waals surface area contributed by atoms with Gasteiger partial charge in [-0.15, -0.1) is 0 Å². The smallest absolute Gasteiger partial charge is 0.207 e. The summed E-state index contributed by atoms with van der Waals surface area (Å²) in [5.74, 6) is 2.10. The van der Waals surface area contributed by atoms with Gasteiger partial charge in [-0.3, -0.25) is 0 Å². The molecule has 0 aromatic rings. The van der Waals surface area contributed by atoms with Gasteiger partial charge in [0.2, 0.25) is 0 Å². The molecule has 1 heterocycles. The molecule has 70 valence electrons. The summed E-state index contributed by atoms with van der Waals surface area (Å²) in [6, 6.07) is 0. The van der Waals surface area contributed by atoms with Gasteiger partial charge in [0, 0.05) is 10.7 Å². The number of allylic oxidation sites excluding steroid dienone is 1. The Morgan fingerprint density at radius 1 is 1.42 bits per heavy atom. The van der Waals surface area contributed by atoms with E-state index in [-0.39, 0.29) is 10.8 Å².